The first-order chi connectivity index (χ1) is 13.0. The molecule has 1 aliphatic heterocycles. The van der Waals surface area contributed by atoms with Crippen LogP contribution in [0.15, 0.2) is 48.5 Å². The van der Waals surface area contributed by atoms with E-state index >= 15 is 0 Å². The van der Waals surface area contributed by atoms with Crippen LogP contribution in [0.3, 0.4) is 0 Å². The van der Waals surface area contributed by atoms with Gasteiger partial charge in [-0.1, -0.05) is 12.1 Å². The number of ether oxygens (including phenoxy) is 1. The molecule has 0 spiro atoms. The maximum Gasteiger partial charge on any atom is 0.123 e. The molecule has 2 aromatic rings. The first-order valence-corrected chi connectivity index (χ1v) is 9.23. The molecule has 2 aromatic carbocycles. The number of aliphatic hydroxyl groups excluding tert-OH is 2. The molecule has 27 heavy (non-hydrogen) atoms. The van der Waals surface area contributed by atoms with Gasteiger partial charge in [-0.05, 0) is 73.8 Å². The van der Waals surface area contributed by atoms with Crippen molar-refractivity contribution in [3.05, 3.63) is 65.7 Å². The van der Waals surface area contributed by atoms with E-state index in [1.54, 1.807) is 12.1 Å². The Morgan fingerprint density at radius 2 is 1.48 bits per heavy atom. The molecule has 3 rings (SSSR count). The maximum atomic E-state index is 13.0. The molecule has 1 heterocycles. The van der Waals surface area contributed by atoms with Crippen molar-refractivity contribution in [3.8, 4) is 5.75 Å². The third-order valence-electron chi connectivity index (χ3n) is 5.02. The second-order valence-electron chi connectivity index (χ2n) is 7.05. The molecule has 2 N–H and O–H groups in total. The first kappa shape index (κ1) is 19.7. The predicted octanol–water partition coefficient (Wildman–Crippen LogP) is 3.15. The van der Waals surface area contributed by atoms with Gasteiger partial charge in [0.25, 0.3) is 0 Å². The van der Waals surface area contributed by atoms with Crippen molar-refractivity contribution >= 4 is 0 Å². The number of rotatable bonds is 7. The molecule has 1 fully saturated rings. The van der Waals surface area contributed by atoms with Crippen molar-refractivity contribution in [2.24, 2.45) is 5.92 Å². The van der Waals surface area contributed by atoms with Crippen LogP contribution in [0.2, 0.25) is 0 Å². The Morgan fingerprint density at radius 1 is 0.926 bits per heavy atom. The van der Waals surface area contributed by atoms with Crippen molar-refractivity contribution in [2.45, 2.75) is 25.0 Å². The highest BCUT2D eigenvalue weighted by Gasteiger charge is 2.27. The predicted molar refractivity (Wildman–Crippen MR) is 98.4 cm³/mol. The van der Waals surface area contributed by atoms with E-state index in [1.807, 2.05) is 0 Å². The average Bonchev–Trinajstić information content (AvgIpc) is 2.68. The minimum atomic E-state index is -0.645. The molecule has 0 bridgehead atoms. The van der Waals surface area contributed by atoms with Crippen LogP contribution < -0.4 is 4.74 Å². The van der Waals surface area contributed by atoms with Gasteiger partial charge < -0.3 is 19.8 Å². The van der Waals surface area contributed by atoms with E-state index in [4.69, 9.17) is 4.74 Å². The smallest absolute Gasteiger partial charge is 0.123 e. The highest BCUT2D eigenvalue weighted by Crippen LogP contribution is 2.30. The lowest BCUT2D eigenvalue weighted by Gasteiger charge is -2.35. The monoisotopic (exact) mass is 377 g/mol. The number of aliphatic hydroxyl groups is 2. The Labute approximate surface area is 158 Å². The third kappa shape index (κ3) is 5.73. The highest BCUT2D eigenvalue weighted by molar-refractivity contribution is 5.22. The van der Waals surface area contributed by atoms with Gasteiger partial charge in [0.1, 0.15) is 30.1 Å². The van der Waals surface area contributed by atoms with Crippen LogP contribution in [0.4, 0.5) is 8.78 Å². The second-order valence-corrected chi connectivity index (χ2v) is 7.05. The summed E-state index contributed by atoms with van der Waals surface area (Å²) in [6.07, 6.45) is 0.377. The van der Waals surface area contributed by atoms with E-state index in [1.165, 1.54) is 36.4 Å². The molecule has 0 amide bonds. The molecule has 2 unspecified atom stereocenters. The number of benzene rings is 2. The Hall–Kier alpha value is -2.02. The average molecular weight is 377 g/mol. The summed E-state index contributed by atoms with van der Waals surface area (Å²) in [4.78, 5) is 2.15. The molecule has 1 aliphatic rings. The second kappa shape index (κ2) is 9.26. The molecule has 0 aliphatic carbocycles. The van der Waals surface area contributed by atoms with Crippen LogP contribution in [0.5, 0.6) is 5.75 Å². The number of hydrogen-bond donors (Lipinski definition) is 2. The van der Waals surface area contributed by atoms with Crippen LogP contribution in [-0.4, -0.2) is 47.5 Å². The molecule has 146 valence electrons. The van der Waals surface area contributed by atoms with Gasteiger partial charge in [0.2, 0.25) is 0 Å². The summed E-state index contributed by atoms with van der Waals surface area (Å²) in [5.74, 6) is 0.0158. The zero-order chi connectivity index (χ0) is 19.2. The number of β-amino-alcohol motifs (C(OH)–C–C–N with tert-alkyl or cyclic N) is 1. The lowest BCUT2D eigenvalue weighted by Crippen LogP contribution is -2.41. The Bertz CT molecular complexity index is 700. The van der Waals surface area contributed by atoms with Crippen molar-refractivity contribution in [2.75, 3.05) is 26.2 Å². The van der Waals surface area contributed by atoms with E-state index < -0.39 is 12.2 Å². The molecular formula is C21H25F2NO3. The van der Waals surface area contributed by atoms with Crippen LogP contribution in [0.1, 0.15) is 24.5 Å². The number of halogens is 2. The summed E-state index contributed by atoms with van der Waals surface area (Å²) in [7, 11) is 0. The molecule has 0 radical (unpaired) electrons. The molecular weight excluding hydrogens is 352 g/mol. The molecule has 0 saturated carbocycles. The summed E-state index contributed by atoms with van der Waals surface area (Å²) in [5.41, 5.74) is 0.739. The minimum absolute atomic E-state index is 0.124. The topological polar surface area (TPSA) is 52.9 Å². The zero-order valence-electron chi connectivity index (χ0n) is 15.1. The summed E-state index contributed by atoms with van der Waals surface area (Å²) in [6.45, 7) is 2.18. The Balaban J connectivity index is 1.40. The number of likely N-dealkylation sites (tertiary alicyclic amines) is 1. The lowest BCUT2D eigenvalue weighted by molar-refractivity contribution is 0.0278. The van der Waals surface area contributed by atoms with E-state index in [2.05, 4.69) is 4.90 Å². The Kier molecular flexibility index (Phi) is 6.77. The van der Waals surface area contributed by atoms with E-state index in [0.29, 0.717) is 12.3 Å². The molecule has 1 saturated heterocycles. The number of hydrogen-bond acceptors (Lipinski definition) is 4. The van der Waals surface area contributed by atoms with Crippen LogP contribution >= 0.6 is 0 Å². The van der Waals surface area contributed by atoms with Gasteiger partial charge in [-0.2, -0.15) is 0 Å². The van der Waals surface area contributed by atoms with Crippen molar-refractivity contribution in [1.82, 2.24) is 4.90 Å². The summed E-state index contributed by atoms with van der Waals surface area (Å²) in [5, 5.41) is 20.7. The fourth-order valence-corrected chi connectivity index (χ4v) is 3.46. The van der Waals surface area contributed by atoms with Gasteiger partial charge in [-0.25, -0.2) is 8.78 Å². The number of nitrogens with zero attached hydrogens (tertiary/aromatic N) is 1. The summed E-state index contributed by atoms with van der Waals surface area (Å²) < 4.78 is 31.4. The third-order valence-corrected chi connectivity index (χ3v) is 5.02. The molecule has 4 nitrogen and oxygen atoms in total. The SMILES string of the molecule is OC(COc1ccc(F)cc1)CN1CCC(C(O)c2ccc(F)cc2)CC1. The first-order valence-electron chi connectivity index (χ1n) is 9.23. The van der Waals surface area contributed by atoms with E-state index in [-0.39, 0.29) is 24.2 Å². The van der Waals surface area contributed by atoms with Gasteiger partial charge in [0.15, 0.2) is 0 Å². The standard InChI is InChI=1S/C21H25F2NO3/c22-17-3-1-15(2-4-17)21(26)16-9-11-24(12-10-16)13-19(25)14-27-20-7-5-18(23)6-8-20/h1-8,16,19,21,25-26H,9-14H2. The van der Waals surface area contributed by atoms with Gasteiger partial charge >= 0.3 is 0 Å². The van der Waals surface area contributed by atoms with Crippen LogP contribution in [-0.2, 0) is 0 Å². The van der Waals surface area contributed by atoms with E-state index in [9.17, 15) is 19.0 Å². The molecule has 0 aromatic heterocycles. The summed E-state index contributed by atoms with van der Waals surface area (Å²) >= 11 is 0. The largest absolute Gasteiger partial charge is 0.491 e. The lowest BCUT2D eigenvalue weighted by atomic mass is 9.87. The van der Waals surface area contributed by atoms with Gasteiger partial charge in [-0.3, -0.25) is 0 Å². The molecule has 6 heteroatoms. The van der Waals surface area contributed by atoms with Crippen molar-refractivity contribution in [1.29, 1.82) is 0 Å². The fourth-order valence-electron chi connectivity index (χ4n) is 3.46. The highest BCUT2D eigenvalue weighted by atomic mass is 19.1. The van der Waals surface area contributed by atoms with Gasteiger partial charge in [0, 0.05) is 6.54 Å². The fraction of sp³-hybridized carbons (Fsp3) is 0.429. The van der Waals surface area contributed by atoms with Crippen molar-refractivity contribution < 1.29 is 23.7 Å². The summed E-state index contributed by atoms with van der Waals surface area (Å²) in [6, 6.07) is 11.7. The van der Waals surface area contributed by atoms with Crippen molar-refractivity contribution in [3.63, 3.8) is 0 Å². The molecule has 2 atom stereocenters. The normalized spacial score (nSPS) is 18.2. The Morgan fingerprint density at radius 3 is 2.07 bits per heavy atom. The van der Waals surface area contributed by atoms with Gasteiger partial charge in [0.05, 0.1) is 6.10 Å². The maximum absolute atomic E-state index is 13.0. The van der Waals surface area contributed by atoms with E-state index in [0.717, 1.165) is 31.5 Å². The van der Waals surface area contributed by atoms with Crippen LogP contribution in [0, 0.1) is 17.6 Å². The zero-order valence-corrected chi connectivity index (χ0v) is 15.1. The number of piperidine rings is 1. The van der Waals surface area contributed by atoms with Gasteiger partial charge in [-0.15, -0.1) is 0 Å². The van der Waals surface area contributed by atoms with Crippen LogP contribution in [0.25, 0.3) is 0 Å². The minimum Gasteiger partial charge on any atom is -0.491 e. The quantitative estimate of drug-likeness (QED) is 0.778.